The van der Waals surface area contributed by atoms with E-state index in [2.05, 4.69) is 22.8 Å². The van der Waals surface area contributed by atoms with E-state index in [0.29, 0.717) is 17.9 Å². The van der Waals surface area contributed by atoms with Crippen LogP contribution in [0.3, 0.4) is 0 Å². The van der Waals surface area contributed by atoms with Crippen LogP contribution in [0.15, 0.2) is 48.5 Å². The van der Waals surface area contributed by atoms with Crippen molar-refractivity contribution in [2.75, 3.05) is 11.9 Å². The Kier molecular flexibility index (Phi) is 5.33. The molecule has 2 aromatic rings. The van der Waals surface area contributed by atoms with Gasteiger partial charge in [-0.2, -0.15) is 0 Å². The van der Waals surface area contributed by atoms with E-state index in [-0.39, 0.29) is 11.9 Å². The second-order valence-corrected chi connectivity index (χ2v) is 6.04. The molecular formula is C20H22N2O3. The van der Waals surface area contributed by atoms with Gasteiger partial charge in [-0.05, 0) is 55.5 Å². The van der Waals surface area contributed by atoms with Gasteiger partial charge in [0.2, 0.25) is 0 Å². The molecule has 1 aliphatic rings. The molecule has 5 heteroatoms. The Hall–Kier alpha value is -2.82. The van der Waals surface area contributed by atoms with E-state index in [9.17, 15) is 9.59 Å². The second kappa shape index (κ2) is 7.83. The van der Waals surface area contributed by atoms with Crippen LogP contribution < -0.4 is 10.6 Å². The van der Waals surface area contributed by atoms with Gasteiger partial charge in [-0.25, -0.2) is 4.79 Å². The summed E-state index contributed by atoms with van der Waals surface area (Å²) < 4.78 is 4.86. The molecule has 0 heterocycles. The summed E-state index contributed by atoms with van der Waals surface area (Å²) in [6.07, 6.45) is 2.53. The Morgan fingerprint density at radius 3 is 2.84 bits per heavy atom. The third-order valence-corrected chi connectivity index (χ3v) is 4.32. The lowest BCUT2D eigenvalue weighted by atomic mass is 9.87. The SMILES string of the molecule is CCOC(=O)Nc1cccc(C(=O)NC2CCCc3ccccc32)c1. The van der Waals surface area contributed by atoms with Crippen LogP contribution >= 0.6 is 0 Å². The van der Waals surface area contributed by atoms with Crippen LogP contribution in [-0.2, 0) is 11.2 Å². The molecule has 0 bridgehead atoms. The molecular weight excluding hydrogens is 316 g/mol. The molecule has 3 rings (SSSR count). The molecule has 0 spiro atoms. The van der Waals surface area contributed by atoms with Crippen molar-refractivity contribution in [1.29, 1.82) is 0 Å². The van der Waals surface area contributed by atoms with Crippen molar-refractivity contribution in [2.24, 2.45) is 0 Å². The molecule has 5 nitrogen and oxygen atoms in total. The quantitative estimate of drug-likeness (QED) is 0.883. The van der Waals surface area contributed by atoms with Crippen LogP contribution in [0.1, 0.15) is 47.3 Å². The number of aryl methyl sites for hydroxylation is 1. The van der Waals surface area contributed by atoms with E-state index >= 15 is 0 Å². The van der Waals surface area contributed by atoms with Crippen molar-refractivity contribution >= 4 is 17.7 Å². The minimum absolute atomic E-state index is 0.0270. The molecule has 1 unspecified atom stereocenters. The summed E-state index contributed by atoms with van der Waals surface area (Å²) in [5.74, 6) is -0.144. The number of hydrogen-bond acceptors (Lipinski definition) is 3. The monoisotopic (exact) mass is 338 g/mol. The highest BCUT2D eigenvalue weighted by Gasteiger charge is 2.22. The first-order valence-electron chi connectivity index (χ1n) is 8.60. The average Bonchev–Trinajstić information content (AvgIpc) is 2.62. The third kappa shape index (κ3) is 4.18. The normalized spacial score (nSPS) is 15.8. The van der Waals surface area contributed by atoms with Gasteiger partial charge in [-0.3, -0.25) is 10.1 Å². The standard InChI is InChI=1S/C20H22N2O3/c1-2-25-20(24)21-16-10-5-9-15(13-16)19(23)22-18-12-6-8-14-7-3-4-11-17(14)18/h3-5,7,9-11,13,18H,2,6,8,12H2,1H3,(H,21,24)(H,22,23). The van der Waals surface area contributed by atoms with Gasteiger partial charge >= 0.3 is 6.09 Å². The van der Waals surface area contributed by atoms with Crippen LogP contribution in [0.5, 0.6) is 0 Å². The minimum atomic E-state index is -0.527. The topological polar surface area (TPSA) is 67.4 Å². The predicted molar refractivity (Wildman–Crippen MR) is 96.7 cm³/mol. The fraction of sp³-hybridized carbons (Fsp3) is 0.300. The zero-order valence-corrected chi connectivity index (χ0v) is 14.2. The lowest BCUT2D eigenvalue weighted by Gasteiger charge is -2.26. The molecule has 0 saturated heterocycles. The molecule has 1 aliphatic carbocycles. The van der Waals surface area contributed by atoms with Gasteiger partial charge in [-0.15, -0.1) is 0 Å². The molecule has 2 N–H and O–H groups in total. The number of ether oxygens (including phenoxy) is 1. The number of rotatable bonds is 4. The van der Waals surface area contributed by atoms with Crippen molar-refractivity contribution in [1.82, 2.24) is 5.32 Å². The van der Waals surface area contributed by atoms with E-state index in [1.807, 2.05) is 12.1 Å². The van der Waals surface area contributed by atoms with Crippen LogP contribution in [0.4, 0.5) is 10.5 Å². The maximum Gasteiger partial charge on any atom is 0.411 e. The van der Waals surface area contributed by atoms with Crippen LogP contribution in [0.25, 0.3) is 0 Å². The fourth-order valence-corrected chi connectivity index (χ4v) is 3.17. The maximum absolute atomic E-state index is 12.6. The summed E-state index contributed by atoms with van der Waals surface area (Å²) in [4.78, 5) is 24.1. The van der Waals surface area contributed by atoms with Gasteiger partial charge in [0.15, 0.2) is 0 Å². The number of anilines is 1. The van der Waals surface area contributed by atoms with Gasteiger partial charge in [0, 0.05) is 11.3 Å². The zero-order chi connectivity index (χ0) is 17.6. The number of hydrogen-bond donors (Lipinski definition) is 2. The van der Waals surface area contributed by atoms with Crippen molar-refractivity contribution in [3.05, 3.63) is 65.2 Å². The highest BCUT2D eigenvalue weighted by atomic mass is 16.5. The van der Waals surface area contributed by atoms with Gasteiger partial charge < -0.3 is 10.1 Å². The zero-order valence-electron chi connectivity index (χ0n) is 14.2. The average molecular weight is 338 g/mol. The van der Waals surface area contributed by atoms with Crippen molar-refractivity contribution in [3.63, 3.8) is 0 Å². The lowest BCUT2D eigenvalue weighted by molar-refractivity contribution is 0.0932. The van der Waals surface area contributed by atoms with Crippen molar-refractivity contribution < 1.29 is 14.3 Å². The van der Waals surface area contributed by atoms with Gasteiger partial charge in [0.1, 0.15) is 0 Å². The fourth-order valence-electron chi connectivity index (χ4n) is 3.17. The largest absolute Gasteiger partial charge is 0.450 e. The molecule has 0 aromatic heterocycles. The first kappa shape index (κ1) is 17.0. The minimum Gasteiger partial charge on any atom is -0.450 e. The molecule has 0 aliphatic heterocycles. The molecule has 2 amide bonds. The summed E-state index contributed by atoms with van der Waals surface area (Å²) in [5, 5.41) is 5.73. The van der Waals surface area contributed by atoms with E-state index in [0.717, 1.165) is 19.3 Å². The number of benzene rings is 2. The molecule has 1 atom stereocenters. The van der Waals surface area contributed by atoms with Crippen LogP contribution in [0, 0.1) is 0 Å². The van der Waals surface area contributed by atoms with E-state index in [1.165, 1.54) is 11.1 Å². The molecule has 2 aromatic carbocycles. The Morgan fingerprint density at radius 1 is 1.16 bits per heavy atom. The second-order valence-electron chi connectivity index (χ2n) is 6.04. The predicted octanol–water partition coefficient (Wildman–Crippen LogP) is 4.06. The Bertz CT molecular complexity index is 773. The Balaban J connectivity index is 1.71. The molecule has 0 radical (unpaired) electrons. The highest BCUT2D eigenvalue weighted by molar-refractivity contribution is 5.96. The third-order valence-electron chi connectivity index (χ3n) is 4.32. The summed E-state index contributed by atoms with van der Waals surface area (Å²) >= 11 is 0. The summed E-state index contributed by atoms with van der Waals surface area (Å²) in [6, 6.07) is 15.1. The first-order valence-corrected chi connectivity index (χ1v) is 8.60. The Morgan fingerprint density at radius 2 is 2.00 bits per heavy atom. The van der Waals surface area contributed by atoms with E-state index < -0.39 is 6.09 Å². The smallest absolute Gasteiger partial charge is 0.411 e. The van der Waals surface area contributed by atoms with Gasteiger partial charge in [-0.1, -0.05) is 30.3 Å². The highest BCUT2D eigenvalue weighted by Crippen LogP contribution is 2.29. The van der Waals surface area contributed by atoms with E-state index in [4.69, 9.17) is 4.74 Å². The van der Waals surface area contributed by atoms with Crippen LogP contribution in [0.2, 0.25) is 0 Å². The first-order chi connectivity index (χ1) is 12.2. The van der Waals surface area contributed by atoms with Crippen molar-refractivity contribution in [2.45, 2.75) is 32.2 Å². The van der Waals surface area contributed by atoms with Crippen LogP contribution in [-0.4, -0.2) is 18.6 Å². The molecule has 130 valence electrons. The maximum atomic E-state index is 12.6. The molecule has 25 heavy (non-hydrogen) atoms. The number of carbonyl (C=O) groups is 2. The summed E-state index contributed by atoms with van der Waals surface area (Å²) in [6.45, 7) is 2.04. The number of carbonyl (C=O) groups excluding carboxylic acids is 2. The number of amides is 2. The van der Waals surface area contributed by atoms with Crippen molar-refractivity contribution in [3.8, 4) is 0 Å². The molecule has 0 fully saturated rings. The number of fused-ring (bicyclic) bond motifs is 1. The Labute approximate surface area is 147 Å². The lowest BCUT2D eigenvalue weighted by Crippen LogP contribution is -2.31. The molecule has 0 saturated carbocycles. The van der Waals surface area contributed by atoms with E-state index in [1.54, 1.807) is 31.2 Å². The van der Waals surface area contributed by atoms with Gasteiger partial charge in [0.05, 0.1) is 12.6 Å². The summed E-state index contributed by atoms with van der Waals surface area (Å²) in [5.41, 5.74) is 3.55. The number of nitrogens with one attached hydrogen (secondary N) is 2. The summed E-state index contributed by atoms with van der Waals surface area (Å²) in [7, 11) is 0. The van der Waals surface area contributed by atoms with Gasteiger partial charge in [0.25, 0.3) is 5.91 Å².